The normalized spacial score (nSPS) is 28.1. The van der Waals surface area contributed by atoms with E-state index in [1.165, 1.54) is 17.0 Å². The molecule has 0 spiro atoms. The van der Waals surface area contributed by atoms with Crippen LogP contribution in [0, 0.1) is 11.8 Å². The summed E-state index contributed by atoms with van der Waals surface area (Å²) in [4.78, 5) is 59.9. The van der Waals surface area contributed by atoms with Crippen LogP contribution in [-0.2, 0) is 30.3 Å². The molecule has 0 fully saturated rings. The van der Waals surface area contributed by atoms with Crippen LogP contribution in [0.25, 0.3) is 10.9 Å². The first kappa shape index (κ1) is 33.2. The van der Waals surface area contributed by atoms with Crippen molar-refractivity contribution in [3.8, 4) is 5.75 Å². The lowest BCUT2D eigenvalue weighted by Crippen LogP contribution is -2.58. The van der Waals surface area contributed by atoms with E-state index >= 15 is 0 Å². The fraction of sp³-hybridized carbons (Fsp3) is 0.429. The molecule has 4 N–H and O–H groups in total. The maximum atomic E-state index is 14.3. The number of aromatic amines is 1. The number of hydrogen-bond acceptors (Lipinski definition) is 6. The summed E-state index contributed by atoms with van der Waals surface area (Å²) in [6.45, 7) is 9.30. The van der Waals surface area contributed by atoms with E-state index in [2.05, 4.69) is 37.6 Å². The number of H-pyrrole nitrogens is 1. The maximum absolute atomic E-state index is 14.3. The van der Waals surface area contributed by atoms with Crippen molar-refractivity contribution in [3.63, 3.8) is 0 Å². The van der Waals surface area contributed by atoms with Crippen LogP contribution in [0.3, 0.4) is 0 Å². The Morgan fingerprint density at radius 3 is 2.35 bits per heavy atom. The molecule has 0 unspecified atom stereocenters. The van der Waals surface area contributed by atoms with Gasteiger partial charge in [0, 0.05) is 23.2 Å². The molecule has 0 radical (unpaired) electrons. The predicted octanol–water partition coefficient (Wildman–Crippen LogP) is 5.59. The van der Waals surface area contributed by atoms with Gasteiger partial charge in [0.1, 0.15) is 17.8 Å². The van der Waals surface area contributed by atoms with Gasteiger partial charge in [-0.3, -0.25) is 24.1 Å². The number of esters is 1. The fourth-order valence-electron chi connectivity index (χ4n) is 6.65. The molecule has 3 aromatic rings. The van der Waals surface area contributed by atoms with Gasteiger partial charge in [-0.2, -0.15) is 0 Å². The van der Waals surface area contributed by atoms with Crippen molar-refractivity contribution in [1.82, 2.24) is 15.6 Å². The highest BCUT2D eigenvalue weighted by molar-refractivity contribution is 9.10. The number of aromatic nitrogens is 1. The highest BCUT2D eigenvalue weighted by Crippen LogP contribution is 2.41. The molecule has 11 heteroatoms. The standard InChI is InChI=1S/C35H41BrN4O6/c1-18-13-19(2)15-21(4)46-30(42)17-27(23-9-11-24(41)12-10-23)39-34(44)29-16-25-31-26(38-32(25)36)7-6-8-28(31)40(29)35(45)22(5)37-33(43)20(3)14-18/h6-13,19-22,27,29,38,41H,14-17H2,1-5H3,(H,37,43)(H,39,44)/b18-13+/t19-,20-,21-,22-,27+,29+/m0/s1. The fourth-order valence-corrected chi connectivity index (χ4v) is 7.23. The van der Waals surface area contributed by atoms with Crippen molar-refractivity contribution in [2.45, 2.75) is 84.5 Å². The number of amides is 3. The molecule has 2 aromatic carbocycles. The number of halogens is 1. The second kappa shape index (κ2) is 13.7. The lowest BCUT2D eigenvalue weighted by atomic mass is 9.94. The number of fused-ring (bicyclic) bond motifs is 2. The van der Waals surface area contributed by atoms with Crippen LogP contribution in [0.5, 0.6) is 5.75 Å². The molecular weight excluding hydrogens is 652 g/mol. The van der Waals surface area contributed by atoms with Gasteiger partial charge in [-0.05, 0) is 90.9 Å². The monoisotopic (exact) mass is 692 g/mol. The van der Waals surface area contributed by atoms with Crippen molar-refractivity contribution in [2.24, 2.45) is 11.8 Å². The minimum atomic E-state index is -0.989. The van der Waals surface area contributed by atoms with Gasteiger partial charge in [0.15, 0.2) is 0 Å². The van der Waals surface area contributed by atoms with Gasteiger partial charge in [-0.15, -0.1) is 0 Å². The molecular formula is C35H41BrN4O6. The van der Waals surface area contributed by atoms with Crippen LogP contribution < -0.4 is 15.5 Å². The molecule has 0 saturated heterocycles. The number of phenolic OH excluding ortho intramolecular Hbond substituents is 1. The number of allylic oxidation sites excluding steroid dienone is 2. The zero-order valence-electron chi connectivity index (χ0n) is 26.7. The number of carbonyl (C=O) groups excluding carboxylic acids is 4. The van der Waals surface area contributed by atoms with E-state index in [1.54, 1.807) is 25.1 Å². The van der Waals surface area contributed by atoms with Gasteiger partial charge in [-0.1, -0.05) is 43.7 Å². The second-order valence-corrected chi connectivity index (χ2v) is 13.6. The molecule has 6 atom stereocenters. The zero-order chi connectivity index (χ0) is 33.3. The van der Waals surface area contributed by atoms with Crippen LogP contribution in [-0.4, -0.2) is 52.0 Å². The van der Waals surface area contributed by atoms with Gasteiger partial charge < -0.3 is 25.5 Å². The van der Waals surface area contributed by atoms with Crippen LogP contribution in [0.1, 0.15) is 71.0 Å². The van der Waals surface area contributed by atoms with Crippen molar-refractivity contribution in [3.05, 3.63) is 69.8 Å². The molecule has 2 aliphatic heterocycles. The maximum Gasteiger partial charge on any atom is 0.308 e. The van der Waals surface area contributed by atoms with Crippen molar-refractivity contribution < 1.29 is 29.0 Å². The summed E-state index contributed by atoms with van der Waals surface area (Å²) in [5.74, 6) is -1.89. The second-order valence-electron chi connectivity index (χ2n) is 12.8. The first-order valence-electron chi connectivity index (χ1n) is 15.7. The number of hydrogen-bond donors (Lipinski definition) is 4. The summed E-state index contributed by atoms with van der Waals surface area (Å²) in [6, 6.07) is 9.08. The van der Waals surface area contributed by atoms with E-state index in [1.807, 2.05) is 39.8 Å². The lowest BCUT2D eigenvalue weighted by Gasteiger charge is -2.37. The highest BCUT2D eigenvalue weighted by Gasteiger charge is 2.41. The molecule has 0 bridgehead atoms. The van der Waals surface area contributed by atoms with Crippen molar-refractivity contribution >= 4 is 56.2 Å². The van der Waals surface area contributed by atoms with Gasteiger partial charge in [-0.25, -0.2) is 0 Å². The summed E-state index contributed by atoms with van der Waals surface area (Å²) in [5.41, 5.74) is 3.84. The van der Waals surface area contributed by atoms with Crippen LogP contribution in [0.15, 0.2) is 58.7 Å². The summed E-state index contributed by atoms with van der Waals surface area (Å²) in [5, 5.41) is 16.6. The SMILES string of the molecule is C/C1=C\[C@H](C)C[C@H](C)OC(=O)C[C@H](c2ccc(O)cc2)NC(=O)[C@H]2Cc3c(Br)[nH]c4cccc(c34)N2C(=O)[C@H](C)NC(=O)[C@@H](C)C1. The van der Waals surface area contributed by atoms with Gasteiger partial charge in [0.05, 0.1) is 28.9 Å². The number of anilines is 1. The van der Waals surface area contributed by atoms with Crippen molar-refractivity contribution in [1.29, 1.82) is 0 Å². The molecule has 10 nitrogen and oxygen atoms in total. The van der Waals surface area contributed by atoms with Gasteiger partial charge >= 0.3 is 5.97 Å². The Balaban J connectivity index is 1.56. The number of nitrogens with zero attached hydrogens (tertiary/aromatic N) is 1. The minimum Gasteiger partial charge on any atom is -0.508 e. The molecule has 0 aliphatic carbocycles. The molecule has 0 saturated carbocycles. The van der Waals surface area contributed by atoms with E-state index in [4.69, 9.17) is 4.74 Å². The first-order valence-corrected chi connectivity index (χ1v) is 16.5. The van der Waals surface area contributed by atoms with Crippen molar-refractivity contribution in [2.75, 3.05) is 4.90 Å². The Labute approximate surface area is 277 Å². The molecule has 3 heterocycles. The van der Waals surface area contributed by atoms with E-state index in [0.717, 1.165) is 22.0 Å². The third-order valence-electron chi connectivity index (χ3n) is 8.76. The Kier molecular flexibility index (Phi) is 9.91. The Hall–Kier alpha value is -4.12. The first-order chi connectivity index (χ1) is 21.8. The predicted molar refractivity (Wildman–Crippen MR) is 179 cm³/mol. The number of carbonyl (C=O) groups is 4. The Bertz CT molecular complexity index is 1680. The van der Waals surface area contributed by atoms with Crippen LogP contribution >= 0.6 is 15.9 Å². The van der Waals surface area contributed by atoms with Crippen LogP contribution in [0.4, 0.5) is 5.69 Å². The average molecular weight is 694 g/mol. The van der Waals surface area contributed by atoms with Gasteiger partial charge in [0.2, 0.25) is 17.7 Å². The summed E-state index contributed by atoms with van der Waals surface area (Å²) in [7, 11) is 0. The molecule has 46 heavy (non-hydrogen) atoms. The number of aromatic hydroxyl groups is 1. The number of nitrogens with one attached hydrogen (secondary N) is 3. The summed E-state index contributed by atoms with van der Waals surface area (Å²) in [6.07, 6.45) is 2.84. The molecule has 2 aliphatic rings. The van der Waals surface area contributed by atoms with Gasteiger partial charge in [0.25, 0.3) is 0 Å². The van der Waals surface area contributed by atoms with E-state index in [0.29, 0.717) is 28.7 Å². The quantitative estimate of drug-likeness (QED) is 0.194. The topological polar surface area (TPSA) is 141 Å². The van der Waals surface area contributed by atoms with Crippen LogP contribution in [0.2, 0.25) is 0 Å². The number of phenols is 1. The zero-order valence-corrected chi connectivity index (χ0v) is 28.3. The third kappa shape index (κ3) is 7.14. The number of rotatable bonds is 1. The summed E-state index contributed by atoms with van der Waals surface area (Å²) < 4.78 is 6.50. The number of benzene rings is 2. The average Bonchev–Trinajstić information content (AvgIpc) is 3.31. The minimum absolute atomic E-state index is 0.0482. The summed E-state index contributed by atoms with van der Waals surface area (Å²) >= 11 is 3.60. The molecule has 1 aromatic heterocycles. The highest BCUT2D eigenvalue weighted by atomic mass is 79.9. The molecule has 244 valence electrons. The Morgan fingerprint density at radius 1 is 0.913 bits per heavy atom. The third-order valence-corrected chi connectivity index (χ3v) is 9.43. The molecule has 3 amide bonds. The number of cyclic esters (lactones) is 1. The van der Waals surface area contributed by atoms with E-state index in [9.17, 15) is 24.3 Å². The molecule has 5 rings (SSSR count). The Morgan fingerprint density at radius 2 is 1.63 bits per heavy atom. The van der Waals surface area contributed by atoms with E-state index in [-0.39, 0.29) is 36.5 Å². The lowest BCUT2D eigenvalue weighted by molar-refractivity contribution is -0.149. The largest absolute Gasteiger partial charge is 0.508 e. The smallest absolute Gasteiger partial charge is 0.308 e. The van der Waals surface area contributed by atoms with E-state index < -0.39 is 41.8 Å². The number of ether oxygens (including phenoxy) is 1.